The fourth-order valence-electron chi connectivity index (χ4n) is 3.17. The van der Waals surface area contributed by atoms with E-state index in [1.807, 2.05) is 29.8 Å². The summed E-state index contributed by atoms with van der Waals surface area (Å²) in [7, 11) is 1.93. The summed E-state index contributed by atoms with van der Waals surface area (Å²) in [6.45, 7) is 1.35. The van der Waals surface area contributed by atoms with Crippen LogP contribution in [0.1, 0.15) is 24.0 Å². The van der Waals surface area contributed by atoms with Gasteiger partial charge in [0.25, 0.3) is 0 Å². The molecule has 26 heavy (non-hydrogen) atoms. The molecule has 0 spiro atoms. The first-order valence-electron chi connectivity index (χ1n) is 8.63. The number of nitrogen functional groups attached to an aromatic ring is 1. The molecule has 0 amide bonds. The first-order valence-corrected chi connectivity index (χ1v) is 8.63. The van der Waals surface area contributed by atoms with Gasteiger partial charge in [-0.3, -0.25) is 5.41 Å². The van der Waals surface area contributed by atoms with Crippen LogP contribution in [0.4, 0.5) is 5.69 Å². The maximum atomic E-state index is 8.71. The lowest BCUT2D eigenvalue weighted by molar-refractivity contribution is 0.0237. The lowest BCUT2D eigenvalue weighted by atomic mass is 10.0. The second-order valence-electron chi connectivity index (χ2n) is 6.44. The van der Waals surface area contributed by atoms with Gasteiger partial charge < -0.3 is 19.8 Å². The first kappa shape index (κ1) is 16.5. The molecule has 0 saturated carbocycles. The number of rotatable bonds is 4. The summed E-state index contributed by atoms with van der Waals surface area (Å²) in [6.07, 6.45) is 5.03. The Balaban J connectivity index is 1.70. The summed E-state index contributed by atoms with van der Waals surface area (Å²) in [5.41, 5.74) is 10.1. The number of ether oxygens (including phenoxy) is 2. The second-order valence-corrected chi connectivity index (χ2v) is 6.44. The van der Waals surface area contributed by atoms with E-state index >= 15 is 0 Å². The summed E-state index contributed by atoms with van der Waals surface area (Å²) >= 11 is 0. The molecule has 1 fully saturated rings. The van der Waals surface area contributed by atoms with Gasteiger partial charge in [0.2, 0.25) is 5.88 Å². The van der Waals surface area contributed by atoms with Crippen LogP contribution in [0.15, 0.2) is 36.8 Å². The summed E-state index contributed by atoms with van der Waals surface area (Å²) in [6, 6.07) is 7.42. The van der Waals surface area contributed by atoms with Crippen molar-refractivity contribution in [3.05, 3.63) is 47.9 Å². The molecule has 7 heteroatoms. The van der Waals surface area contributed by atoms with Gasteiger partial charge in [0.1, 0.15) is 6.10 Å². The third kappa shape index (κ3) is 3.01. The van der Waals surface area contributed by atoms with Crippen LogP contribution in [0, 0.1) is 5.41 Å². The number of imidazole rings is 1. The average Bonchev–Trinajstić information content (AvgIpc) is 3.03. The van der Waals surface area contributed by atoms with Crippen LogP contribution in [0.25, 0.3) is 11.0 Å². The number of aryl methyl sites for hydroxylation is 1. The molecule has 0 aliphatic carbocycles. The SMILES string of the molecule is Cn1cnc2ccc(C(=N)c3c(N)ccnc3OC3CCOCC3)cc21. The third-order valence-corrected chi connectivity index (χ3v) is 4.66. The van der Waals surface area contributed by atoms with E-state index in [0.29, 0.717) is 36.1 Å². The Morgan fingerprint density at radius 2 is 2.08 bits per heavy atom. The number of nitrogens with two attached hydrogens (primary N) is 1. The summed E-state index contributed by atoms with van der Waals surface area (Å²) < 4.78 is 13.4. The van der Waals surface area contributed by atoms with Crippen molar-refractivity contribution in [2.75, 3.05) is 18.9 Å². The van der Waals surface area contributed by atoms with Gasteiger partial charge in [-0.15, -0.1) is 0 Å². The molecular formula is C19H21N5O2. The fraction of sp³-hybridized carbons (Fsp3) is 0.316. The van der Waals surface area contributed by atoms with Gasteiger partial charge in [-0.1, -0.05) is 6.07 Å². The number of nitrogens with one attached hydrogen (secondary N) is 1. The molecule has 7 nitrogen and oxygen atoms in total. The molecule has 1 saturated heterocycles. The molecule has 3 heterocycles. The van der Waals surface area contributed by atoms with E-state index in [1.54, 1.807) is 18.6 Å². The number of hydrogen-bond donors (Lipinski definition) is 2. The zero-order valence-electron chi connectivity index (χ0n) is 14.6. The summed E-state index contributed by atoms with van der Waals surface area (Å²) in [4.78, 5) is 8.67. The van der Waals surface area contributed by atoms with Crippen LogP contribution in [-0.4, -0.2) is 39.6 Å². The van der Waals surface area contributed by atoms with E-state index in [9.17, 15) is 0 Å². The molecular weight excluding hydrogens is 330 g/mol. The average molecular weight is 351 g/mol. The van der Waals surface area contributed by atoms with Crippen molar-refractivity contribution in [1.29, 1.82) is 5.41 Å². The smallest absolute Gasteiger partial charge is 0.225 e. The van der Waals surface area contributed by atoms with E-state index in [-0.39, 0.29) is 6.10 Å². The molecule has 0 radical (unpaired) electrons. The predicted octanol–water partition coefficient (Wildman–Crippen LogP) is 2.52. The number of fused-ring (bicyclic) bond motifs is 1. The van der Waals surface area contributed by atoms with Crippen molar-refractivity contribution in [2.45, 2.75) is 18.9 Å². The Hall–Kier alpha value is -2.93. The molecule has 1 aliphatic rings. The normalized spacial score (nSPS) is 15.3. The van der Waals surface area contributed by atoms with E-state index in [0.717, 1.165) is 29.4 Å². The van der Waals surface area contributed by atoms with Crippen molar-refractivity contribution in [1.82, 2.24) is 14.5 Å². The van der Waals surface area contributed by atoms with Crippen molar-refractivity contribution in [2.24, 2.45) is 7.05 Å². The van der Waals surface area contributed by atoms with Gasteiger partial charge in [0.05, 0.1) is 41.8 Å². The highest BCUT2D eigenvalue weighted by Crippen LogP contribution is 2.28. The molecule has 2 aromatic heterocycles. The lowest BCUT2D eigenvalue weighted by Crippen LogP contribution is -2.27. The zero-order chi connectivity index (χ0) is 18.1. The van der Waals surface area contributed by atoms with Crippen LogP contribution in [-0.2, 0) is 11.8 Å². The number of benzene rings is 1. The monoisotopic (exact) mass is 351 g/mol. The minimum atomic E-state index is 0.0316. The van der Waals surface area contributed by atoms with Gasteiger partial charge >= 0.3 is 0 Å². The molecule has 4 rings (SSSR count). The van der Waals surface area contributed by atoms with Crippen molar-refractivity contribution in [3.8, 4) is 5.88 Å². The highest BCUT2D eigenvalue weighted by molar-refractivity contribution is 6.16. The van der Waals surface area contributed by atoms with Crippen molar-refractivity contribution in [3.63, 3.8) is 0 Å². The highest BCUT2D eigenvalue weighted by Gasteiger charge is 2.22. The highest BCUT2D eigenvalue weighted by atomic mass is 16.5. The Kier molecular flexibility index (Phi) is 4.30. The van der Waals surface area contributed by atoms with E-state index in [2.05, 4.69) is 9.97 Å². The van der Waals surface area contributed by atoms with Crippen molar-refractivity contribution < 1.29 is 9.47 Å². The van der Waals surface area contributed by atoms with Gasteiger partial charge in [-0.2, -0.15) is 0 Å². The largest absolute Gasteiger partial charge is 0.474 e. The van der Waals surface area contributed by atoms with Gasteiger partial charge in [0.15, 0.2) is 0 Å². The van der Waals surface area contributed by atoms with E-state index in [4.69, 9.17) is 20.6 Å². The predicted molar refractivity (Wildman–Crippen MR) is 99.8 cm³/mol. The Labute approximate surface area is 151 Å². The van der Waals surface area contributed by atoms with Gasteiger partial charge in [0, 0.05) is 37.3 Å². The van der Waals surface area contributed by atoms with E-state index < -0.39 is 0 Å². The Bertz CT molecular complexity index is 960. The molecule has 1 aliphatic heterocycles. The number of nitrogens with zero attached hydrogens (tertiary/aromatic N) is 3. The molecule has 0 bridgehead atoms. The maximum Gasteiger partial charge on any atom is 0.225 e. The summed E-state index contributed by atoms with van der Waals surface area (Å²) in [5.74, 6) is 0.409. The lowest BCUT2D eigenvalue weighted by Gasteiger charge is -2.24. The minimum absolute atomic E-state index is 0.0316. The first-order chi connectivity index (χ1) is 12.6. The number of anilines is 1. The Morgan fingerprint density at radius 1 is 1.27 bits per heavy atom. The van der Waals surface area contributed by atoms with Gasteiger partial charge in [-0.25, -0.2) is 9.97 Å². The van der Waals surface area contributed by atoms with Crippen LogP contribution in [0.5, 0.6) is 5.88 Å². The molecule has 3 N–H and O–H groups in total. The second kappa shape index (κ2) is 6.76. The topological polar surface area (TPSA) is 99.0 Å². The van der Waals surface area contributed by atoms with Crippen LogP contribution >= 0.6 is 0 Å². The van der Waals surface area contributed by atoms with Crippen LogP contribution in [0.2, 0.25) is 0 Å². The number of pyridine rings is 1. The fourth-order valence-corrected chi connectivity index (χ4v) is 3.17. The van der Waals surface area contributed by atoms with Crippen molar-refractivity contribution >= 4 is 22.4 Å². The number of aromatic nitrogens is 3. The third-order valence-electron chi connectivity index (χ3n) is 4.66. The molecule has 3 aromatic rings. The molecule has 0 unspecified atom stereocenters. The molecule has 0 atom stereocenters. The van der Waals surface area contributed by atoms with Gasteiger partial charge in [-0.05, 0) is 18.2 Å². The quantitative estimate of drug-likeness (QED) is 0.704. The maximum absolute atomic E-state index is 8.71. The Morgan fingerprint density at radius 3 is 2.88 bits per heavy atom. The standard InChI is InChI=1S/C19H21N5O2/c1-24-11-23-15-3-2-12(10-16(15)24)18(21)17-14(20)4-7-22-19(17)26-13-5-8-25-9-6-13/h2-4,7,10-11,13,21H,5-6,8-9H2,1H3,(H2,20,22). The van der Waals surface area contributed by atoms with Crippen LogP contribution < -0.4 is 10.5 Å². The summed E-state index contributed by atoms with van der Waals surface area (Å²) in [5, 5.41) is 8.71. The minimum Gasteiger partial charge on any atom is -0.474 e. The van der Waals surface area contributed by atoms with Crippen LogP contribution in [0.3, 0.4) is 0 Å². The number of hydrogen-bond acceptors (Lipinski definition) is 6. The zero-order valence-corrected chi connectivity index (χ0v) is 14.6. The molecule has 1 aromatic carbocycles. The van der Waals surface area contributed by atoms with E-state index in [1.165, 1.54) is 0 Å². The molecule has 134 valence electrons.